The van der Waals surface area contributed by atoms with Crippen LogP contribution in [-0.2, 0) is 16.0 Å². The fraction of sp³-hybridized carbons (Fsp3) is 0.727. The molecule has 17 heavy (non-hydrogen) atoms. The maximum absolute atomic E-state index is 11.2. The molecule has 0 radical (unpaired) electrons. The maximum atomic E-state index is 11.2. The third kappa shape index (κ3) is 3.18. The summed E-state index contributed by atoms with van der Waals surface area (Å²) in [5, 5.41) is 3.89. The van der Waals surface area contributed by atoms with Crippen LogP contribution in [0.1, 0.15) is 32.1 Å². The van der Waals surface area contributed by atoms with Gasteiger partial charge in [0.05, 0.1) is 6.61 Å². The van der Waals surface area contributed by atoms with E-state index in [0.29, 0.717) is 18.4 Å². The summed E-state index contributed by atoms with van der Waals surface area (Å²) < 4.78 is 9.85. The second kappa shape index (κ2) is 5.65. The van der Waals surface area contributed by atoms with Crippen LogP contribution in [0.2, 0.25) is 0 Å². The van der Waals surface area contributed by atoms with Crippen molar-refractivity contribution in [3.8, 4) is 0 Å². The average Bonchev–Trinajstić information content (AvgIpc) is 2.79. The van der Waals surface area contributed by atoms with E-state index in [1.807, 2.05) is 0 Å². The third-order valence-corrected chi connectivity index (χ3v) is 2.70. The van der Waals surface area contributed by atoms with Gasteiger partial charge in [0.1, 0.15) is 6.42 Å². The molecule has 0 bridgehead atoms. The normalized spacial score (nSPS) is 15.9. The molecule has 0 aliphatic carbocycles. The quantitative estimate of drug-likeness (QED) is 0.734. The highest BCUT2D eigenvalue weighted by atomic mass is 16.5. The molecule has 6 heteroatoms. The van der Waals surface area contributed by atoms with Crippen LogP contribution in [0.4, 0.5) is 5.95 Å². The van der Waals surface area contributed by atoms with Crippen molar-refractivity contribution in [3.05, 3.63) is 5.89 Å². The number of rotatable bonds is 4. The summed E-state index contributed by atoms with van der Waals surface area (Å²) in [5.41, 5.74) is 0. The van der Waals surface area contributed by atoms with Crippen molar-refractivity contribution in [2.24, 2.45) is 0 Å². The second-order valence-corrected chi connectivity index (χ2v) is 4.02. The minimum absolute atomic E-state index is 0.0503. The molecule has 0 aromatic carbocycles. The van der Waals surface area contributed by atoms with E-state index < -0.39 is 0 Å². The number of hydrogen-bond donors (Lipinski definition) is 0. The second-order valence-electron chi connectivity index (χ2n) is 4.02. The first-order valence-electron chi connectivity index (χ1n) is 6.02. The van der Waals surface area contributed by atoms with E-state index in [9.17, 15) is 4.79 Å². The van der Waals surface area contributed by atoms with Crippen molar-refractivity contribution in [3.63, 3.8) is 0 Å². The van der Waals surface area contributed by atoms with Crippen molar-refractivity contribution >= 4 is 11.9 Å². The zero-order chi connectivity index (χ0) is 12.1. The Hall–Kier alpha value is -1.59. The van der Waals surface area contributed by atoms with Crippen molar-refractivity contribution < 1.29 is 14.1 Å². The molecule has 0 amide bonds. The van der Waals surface area contributed by atoms with E-state index in [1.54, 1.807) is 6.92 Å². The molecular formula is C11H17N3O3. The summed E-state index contributed by atoms with van der Waals surface area (Å²) in [5.74, 6) is 0.578. The lowest BCUT2D eigenvalue weighted by Gasteiger charge is -2.24. The topological polar surface area (TPSA) is 68.5 Å². The Morgan fingerprint density at radius 1 is 1.41 bits per heavy atom. The summed E-state index contributed by atoms with van der Waals surface area (Å²) in [6.45, 7) is 4.05. The van der Waals surface area contributed by atoms with Gasteiger partial charge >= 0.3 is 5.97 Å². The van der Waals surface area contributed by atoms with Gasteiger partial charge in [-0.2, -0.15) is 4.98 Å². The summed E-state index contributed by atoms with van der Waals surface area (Å²) in [6.07, 6.45) is 3.61. The highest BCUT2D eigenvalue weighted by molar-refractivity contribution is 5.71. The van der Waals surface area contributed by atoms with Gasteiger partial charge in [-0.05, 0) is 31.3 Å². The van der Waals surface area contributed by atoms with Crippen LogP contribution in [0.3, 0.4) is 0 Å². The van der Waals surface area contributed by atoms with Gasteiger partial charge in [-0.3, -0.25) is 4.79 Å². The first kappa shape index (κ1) is 11.9. The average molecular weight is 239 g/mol. The summed E-state index contributed by atoms with van der Waals surface area (Å²) in [7, 11) is 0. The zero-order valence-electron chi connectivity index (χ0n) is 10.0. The molecule has 6 nitrogen and oxygen atoms in total. The molecule has 0 N–H and O–H groups in total. The molecule has 1 aliphatic heterocycles. The smallest absolute Gasteiger partial charge is 0.315 e. The zero-order valence-corrected chi connectivity index (χ0v) is 10.0. The Morgan fingerprint density at radius 3 is 2.88 bits per heavy atom. The van der Waals surface area contributed by atoms with Crippen LogP contribution in [0, 0.1) is 0 Å². The van der Waals surface area contributed by atoms with Gasteiger partial charge in [0, 0.05) is 13.1 Å². The summed E-state index contributed by atoms with van der Waals surface area (Å²) >= 11 is 0. The number of ether oxygens (including phenoxy) is 1. The number of anilines is 1. The van der Waals surface area contributed by atoms with Gasteiger partial charge in [0.25, 0.3) is 5.95 Å². The summed E-state index contributed by atoms with van der Waals surface area (Å²) in [4.78, 5) is 17.5. The number of piperidine rings is 1. The van der Waals surface area contributed by atoms with E-state index in [1.165, 1.54) is 6.42 Å². The highest BCUT2D eigenvalue weighted by Crippen LogP contribution is 2.16. The molecular weight excluding hydrogens is 222 g/mol. The van der Waals surface area contributed by atoms with Crippen LogP contribution in [0.5, 0.6) is 0 Å². The number of hydrogen-bond acceptors (Lipinski definition) is 6. The van der Waals surface area contributed by atoms with E-state index in [-0.39, 0.29) is 12.4 Å². The number of carbonyl (C=O) groups excluding carboxylic acids is 1. The third-order valence-electron chi connectivity index (χ3n) is 2.70. The van der Waals surface area contributed by atoms with Crippen LogP contribution in [-0.4, -0.2) is 35.8 Å². The Balaban J connectivity index is 1.93. The molecule has 0 unspecified atom stereocenters. The van der Waals surface area contributed by atoms with Gasteiger partial charge in [-0.25, -0.2) is 0 Å². The maximum Gasteiger partial charge on any atom is 0.315 e. The first-order valence-corrected chi connectivity index (χ1v) is 6.02. The standard InChI is InChI=1S/C11H17N3O3/c1-2-16-10(15)8-9-12-11(13-17-9)14-6-4-3-5-7-14/h2-8H2,1H3. The lowest BCUT2D eigenvalue weighted by molar-refractivity contribution is -0.142. The van der Waals surface area contributed by atoms with E-state index >= 15 is 0 Å². The predicted octanol–water partition coefficient (Wildman–Crippen LogP) is 1.17. The van der Waals surface area contributed by atoms with Crippen LogP contribution in [0.25, 0.3) is 0 Å². The van der Waals surface area contributed by atoms with E-state index in [2.05, 4.69) is 15.0 Å². The molecule has 94 valence electrons. The summed E-state index contributed by atoms with van der Waals surface area (Å²) in [6, 6.07) is 0. The molecule has 1 aliphatic rings. The van der Waals surface area contributed by atoms with Crippen molar-refractivity contribution in [1.29, 1.82) is 0 Å². The number of esters is 1. The lowest BCUT2D eigenvalue weighted by Crippen LogP contribution is -2.30. The van der Waals surface area contributed by atoms with Crippen LogP contribution < -0.4 is 4.90 Å². The van der Waals surface area contributed by atoms with Crippen molar-refractivity contribution in [2.45, 2.75) is 32.6 Å². The van der Waals surface area contributed by atoms with Gasteiger partial charge < -0.3 is 14.2 Å². The molecule has 2 rings (SSSR count). The molecule has 1 saturated heterocycles. The molecule has 0 atom stereocenters. The first-order chi connectivity index (χ1) is 8.29. The number of nitrogens with zero attached hydrogens (tertiary/aromatic N) is 3. The Labute approximate surface area is 99.9 Å². The fourth-order valence-corrected chi connectivity index (χ4v) is 1.88. The van der Waals surface area contributed by atoms with Gasteiger partial charge in [0.2, 0.25) is 5.89 Å². The Morgan fingerprint density at radius 2 is 2.18 bits per heavy atom. The molecule has 1 aromatic heterocycles. The molecule has 0 spiro atoms. The largest absolute Gasteiger partial charge is 0.466 e. The van der Waals surface area contributed by atoms with Crippen molar-refractivity contribution in [1.82, 2.24) is 10.1 Å². The fourth-order valence-electron chi connectivity index (χ4n) is 1.88. The van der Waals surface area contributed by atoms with Gasteiger partial charge in [0.15, 0.2) is 0 Å². The van der Waals surface area contributed by atoms with E-state index in [4.69, 9.17) is 9.26 Å². The monoisotopic (exact) mass is 239 g/mol. The highest BCUT2D eigenvalue weighted by Gasteiger charge is 2.18. The minimum atomic E-state index is -0.332. The SMILES string of the molecule is CCOC(=O)Cc1nc(N2CCCCC2)no1. The van der Waals surface area contributed by atoms with Crippen LogP contribution >= 0.6 is 0 Å². The minimum Gasteiger partial charge on any atom is -0.466 e. The molecule has 1 aromatic rings. The van der Waals surface area contributed by atoms with Crippen molar-refractivity contribution in [2.75, 3.05) is 24.6 Å². The van der Waals surface area contributed by atoms with E-state index in [0.717, 1.165) is 25.9 Å². The number of carbonyl (C=O) groups is 1. The lowest BCUT2D eigenvalue weighted by atomic mass is 10.1. The van der Waals surface area contributed by atoms with Crippen LogP contribution in [0.15, 0.2) is 4.52 Å². The number of aromatic nitrogens is 2. The molecule has 2 heterocycles. The van der Waals surface area contributed by atoms with Gasteiger partial charge in [-0.1, -0.05) is 0 Å². The Bertz CT molecular complexity index is 372. The van der Waals surface area contributed by atoms with Gasteiger partial charge in [-0.15, -0.1) is 0 Å². The molecule has 1 fully saturated rings. The molecule has 0 saturated carbocycles. The Kier molecular flexibility index (Phi) is 3.95. The predicted molar refractivity (Wildman–Crippen MR) is 60.7 cm³/mol.